The van der Waals surface area contributed by atoms with E-state index in [-0.39, 0.29) is 22.8 Å². The molecule has 12 N–H and O–H groups in total. The summed E-state index contributed by atoms with van der Waals surface area (Å²) in [6, 6.07) is 25.4. The van der Waals surface area contributed by atoms with Gasteiger partial charge in [0.05, 0.1) is 26.2 Å². The Morgan fingerprint density at radius 1 is 0.526 bits per heavy atom. The Labute approximate surface area is 433 Å². The number of esters is 3. The van der Waals surface area contributed by atoms with Crippen LogP contribution < -0.4 is 9.47 Å². The quantitative estimate of drug-likeness (QED) is 0.0244. The lowest BCUT2D eigenvalue weighted by molar-refractivity contribution is -0.326. The molecule has 0 bridgehead atoms. The smallest absolute Gasteiger partial charge is 0.339 e. The van der Waals surface area contributed by atoms with Crippen molar-refractivity contribution < 1.29 is 118 Å². The summed E-state index contributed by atoms with van der Waals surface area (Å²) in [5.74, 6) is -3.36. The van der Waals surface area contributed by atoms with Crippen molar-refractivity contribution in [3.8, 4) is 17.2 Å². The summed E-state index contributed by atoms with van der Waals surface area (Å²) in [4.78, 5) is 42.0. The molecule has 3 aliphatic rings. The molecule has 0 aromatic heterocycles. The molecular weight excluding hydrogens is 1010 g/mol. The van der Waals surface area contributed by atoms with E-state index in [0.717, 1.165) is 6.08 Å². The number of carbonyl (C=O) groups excluding carboxylic acids is 3. The van der Waals surface area contributed by atoms with E-state index in [1.807, 2.05) is 0 Å². The molecule has 3 aliphatic heterocycles. The molecule has 0 spiro atoms. The molecule has 3 fully saturated rings. The summed E-state index contributed by atoms with van der Waals surface area (Å²) >= 11 is 0. The molecule has 3 saturated heterocycles. The minimum atomic E-state index is -2.54. The highest BCUT2D eigenvalue weighted by Gasteiger charge is 2.54. The highest BCUT2D eigenvalue weighted by molar-refractivity contribution is 5.87. The molecule has 24 heteroatoms. The highest BCUT2D eigenvalue weighted by atomic mass is 16.7. The second kappa shape index (κ2) is 26.3. The fourth-order valence-electron chi connectivity index (χ4n) is 8.35. The van der Waals surface area contributed by atoms with Gasteiger partial charge < -0.3 is 104 Å². The van der Waals surface area contributed by atoms with Gasteiger partial charge in [-0.15, -0.1) is 0 Å². The van der Waals surface area contributed by atoms with Crippen molar-refractivity contribution in [3.05, 3.63) is 131 Å². The summed E-state index contributed by atoms with van der Waals surface area (Å²) in [5.41, 5.74) is -1.01. The molecule has 4 aromatic rings. The largest absolute Gasteiger partial charge is 0.508 e. The van der Waals surface area contributed by atoms with Gasteiger partial charge in [-0.1, -0.05) is 66.7 Å². The number of carbonyl (C=O) groups is 3. The predicted molar refractivity (Wildman–Crippen MR) is 255 cm³/mol. The van der Waals surface area contributed by atoms with Crippen LogP contribution in [-0.2, 0) is 67.2 Å². The van der Waals surface area contributed by atoms with Gasteiger partial charge in [0.2, 0.25) is 12.6 Å². The Bertz CT molecular complexity index is 2510. The van der Waals surface area contributed by atoms with Crippen LogP contribution in [0.4, 0.5) is 0 Å². The molecule has 0 saturated carbocycles. The van der Waals surface area contributed by atoms with Crippen LogP contribution in [0.3, 0.4) is 0 Å². The zero-order chi connectivity index (χ0) is 54.7. The molecule has 0 unspecified atom stereocenters. The van der Waals surface area contributed by atoms with Crippen molar-refractivity contribution in [2.24, 2.45) is 0 Å². The van der Waals surface area contributed by atoms with Crippen LogP contribution in [0.15, 0.2) is 109 Å². The lowest BCUT2D eigenvalue weighted by Crippen LogP contribution is -2.63. The molecule has 24 nitrogen and oxygen atoms in total. The number of hydrogen-bond acceptors (Lipinski definition) is 24. The van der Waals surface area contributed by atoms with Crippen LogP contribution in [0.1, 0.15) is 28.7 Å². The third-order valence-electron chi connectivity index (χ3n) is 12.7. The summed E-state index contributed by atoms with van der Waals surface area (Å²) in [7, 11) is 0. The second-order valence-electron chi connectivity index (χ2n) is 18.1. The Hall–Kier alpha value is -6.17. The molecule has 0 aliphatic carbocycles. The average Bonchev–Trinajstić information content (AvgIpc) is 3.43. The molecule has 7 rings (SSSR count). The lowest BCUT2D eigenvalue weighted by atomic mass is 9.90. The Morgan fingerprint density at radius 3 is 1.51 bits per heavy atom. The van der Waals surface area contributed by atoms with Gasteiger partial charge in [-0.25, -0.2) is 9.59 Å². The van der Waals surface area contributed by atoms with Crippen LogP contribution in [0.2, 0.25) is 0 Å². The standard InChI is InChI=1S/C52H60O24/c53-22-34-39(59)42(62)44(64)48(72-34)70-32-15-8-29(9-16-32)25-68-38(58)21-52(20-28-6-13-31(56)14-7-28,51(67)69-26-30-10-17-33(18-11-30)71-49-45(65)43(63)40(60)35(23-54)73-49)76-50-46(66)47(41(61)36(24-55)74-50)75-37(57)19-12-27-4-2-1-3-5-27/h1-19,34-36,39-50,53-56,59-66H,20-26H2/b19-12+/t34-,35-,36-,39-,40-,41-,42+,43+,44-,45-,46-,47+,48-,49-,50+,52-/m1/s1. The van der Waals surface area contributed by atoms with E-state index in [0.29, 0.717) is 16.7 Å². The highest BCUT2D eigenvalue weighted by Crippen LogP contribution is 2.35. The second-order valence-corrected chi connectivity index (χ2v) is 18.1. The van der Waals surface area contributed by atoms with Gasteiger partial charge in [0.25, 0.3) is 0 Å². The van der Waals surface area contributed by atoms with E-state index < -0.39 is 162 Å². The molecule has 76 heavy (non-hydrogen) atoms. The lowest BCUT2D eigenvalue weighted by Gasteiger charge is -2.44. The molecule has 0 radical (unpaired) electrons. The number of phenols is 1. The van der Waals surface area contributed by atoms with Crippen molar-refractivity contribution in [2.75, 3.05) is 19.8 Å². The first-order valence-corrected chi connectivity index (χ1v) is 23.9. The van der Waals surface area contributed by atoms with Crippen LogP contribution >= 0.6 is 0 Å². The fourth-order valence-corrected chi connectivity index (χ4v) is 8.35. The van der Waals surface area contributed by atoms with Crippen molar-refractivity contribution in [1.82, 2.24) is 0 Å². The normalized spacial score (nSPS) is 30.4. The fraction of sp³-hybridized carbons (Fsp3) is 0.442. The minimum absolute atomic E-state index is 0.0815. The first-order valence-electron chi connectivity index (χ1n) is 23.9. The number of rotatable bonds is 21. The molecule has 3 heterocycles. The van der Waals surface area contributed by atoms with Crippen molar-refractivity contribution in [3.63, 3.8) is 0 Å². The number of aliphatic hydroxyl groups excluding tert-OH is 11. The van der Waals surface area contributed by atoms with Gasteiger partial charge in [0.15, 0.2) is 18.0 Å². The van der Waals surface area contributed by atoms with Gasteiger partial charge in [-0.3, -0.25) is 4.79 Å². The van der Waals surface area contributed by atoms with Crippen molar-refractivity contribution in [1.29, 1.82) is 0 Å². The number of hydrogen-bond donors (Lipinski definition) is 12. The zero-order valence-electron chi connectivity index (χ0n) is 40.3. The Balaban J connectivity index is 1.13. The van der Waals surface area contributed by atoms with Crippen molar-refractivity contribution in [2.45, 2.75) is 124 Å². The maximum Gasteiger partial charge on any atom is 0.339 e. The molecule has 0 amide bonds. The monoisotopic (exact) mass is 1070 g/mol. The molecule has 4 aromatic carbocycles. The summed E-state index contributed by atoms with van der Waals surface area (Å²) < 4.78 is 51.2. The first kappa shape index (κ1) is 57.5. The van der Waals surface area contributed by atoms with Crippen LogP contribution in [0.5, 0.6) is 17.2 Å². The minimum Gasteiger partial charge on any atom is -0.508 e. The number of aromatic hydroxyl groups is 1. The van der Waals surface area contributed by atoms with Crippen LogP contribution in [0.25, 0.3) is 6.08 Å². The number of phenolic OH excluding ortho intramolecular Hbond substituents is 1. The van der Waals surface area contributed by atoms with Crippen molar-refractivity contribution >= 4 is 24.0 Å². The van der Waals surface area contributed by atoms with Gasteiger partial charge >= 0.3 is 17.9 Å². The van der Waals surface area contributed by atoms with E-state index in [2.05, 4.69) is 0 Å². The Kier molecular flexibility index (Phi) is 19.9. The zero-order valence-corrected chi connectivity index (χ0v) is 40.3. The number of aliphatic hydroxyl groups is 11. The number of ether oxygens (including phenoxy) is 9. The van der Waals surface area contributed by atoms with E-state index in [4.69, 9.17) is 42.6 Å². The van der Waals surface area contributed by atoms with Gasteiger partial charge in [0, 0.05) is 12.5 Å². The predicted octanol–water partition coefficient (Wildman–Crippen LogP) is -2.01. The van der Waals surface area contributed by atoms with E-state index in [9.17, 15) is 75.7 Å². The summed E-state index contributed by atoms with van der Waals surface area (Å²) in [6.45, 7) is -3.24. The molecule has 412 valence electrons. The third kappa shape index (κ3) is 14.2. The van der Waals surface area contributed by atoms with E-state index in [1.165, 1.54) is 78.9 Å². The van der Waals surface area contributed by atoms with Gasteiger partial charge in [-0.2, -0.15) is 0 Å². The molecule has 16 atom stereocenters. The van der Waals surface area contributed by atoms with E-state index >= 15 is 0 Å². The maximum atomic E-state index is 14.8. The molecular formula is C52H60O24. The summed E-state index contributed by atoms with van der Waals surface area (Å²) in [6.07, 6.45) is -24.0. The van der Waals surface area contributed by atoms with Crippen LogP contribution in [-0.4, -0.2) is 197 Å². The van der Waals surface area contributed by atoms with Crippen LogP contribution in [0, 0.1) is 0 Å². The first-order chi connectivity index (χ1) is 36.4. The van der Waals surface area contributed by atoms with E-state index in [1.54, 1.807) is 30.3 Å². The third-order valence-corrected chi connectivity index (χ3v) is 12.7. The maximum absolute atomic E-state index is 14.8. The van der Waals surface area contributed by atoms with Gasteiger partial charge in [-0.05, 0) is 64.7 Å². The Morgan fingerprint density at radius 2 is 1.00 bits per heavy atom. The summed E-state index contributed by atoms with van der Waals surface area (Å²) in [5, 5.41) is 124. The topological polar surface area (TPSA) is 377 Å². The number of benzene rings is 4. The SMILES string of the molecule is O=C(/C=C/c1ccccc1)O[C@@H]1[C@@H](O)[C@H](O[C@@](CC(=O)OCc2ccc(O[C@@H]3O[C@H](CO)[C@@H](O)[C@H](O)[C@H]3O)cc2)(Cc2ccc(O)cc2)C(=O)OCc2ccc(O[C@@H]3O[C@H](CO)[C@@H](O)[C@H](O)[C@H]3O)cc2)O[C@H](CO)[C@H]1O. The van der Waals surface area contributed by atoms with Gasteiger partial charge in [0.1, 0.15) is 97.6 Å². The average molecular weight is 1070 g/mol.